The van der Waals surface area contributed by atoms with Crippen molar-refractivity contribution in [3.05, 3.63) is 6.33 Å². The van der Waals surface area contributed by atoms with E-state index >= 15 is 0 Å². The molecule has 1 aromatic rings. The summed E-state index contributed by atoms with van der Waals surface area (Å²) in [7, 11) is 0. The van der Waals surface area contributed by atoms with Crippen molar-refractivity contribution in [2.75, 3.05) is 23.8 Å². The average Bonchev–Trinajstić information content (AvgIpc) is 2.98. The number of nitrogen functional groups attached to an aromatic ring is 1. The first-order valence-corrected chi connectivity index (χ1v) is 8.13. The predicted molar refractivity (Wildman–Crippen MR) is 86.7 cm³/mol. The highest BCUT2D eigenvalue weighted by Crippen LogP contribution is 2.34. The van der Waals surface area contributed by atoms with E-state index in [0.717, 1.165) is 18.8 Å². The predicted octanol–water partition coefficient (Wildman–Crippen LogP) is 3.25. The molecule has 0 aromatic carbocycles. The van der Waals surface area contributed by atoms with Crippen molar-refractivity contribution in [2.24, 2.45) is 5.92 Å². The van der Waals surface area contributed by atoms with E-state index in [1.807, 2.05) is 0 Å². The van der Waals surface area contributed by atoms with Gasteiger partial charge in [0, 0.05) is 12.6 Å². The van der Waals surface area contributed by atoms with E-state index in [9.17, 15) is 0 Å². The number of aromatic nitrogens is 2. The Kier molecular flexibility index (Phi) is 5.65. The molecular weight excluding hydrogens is 264 g/mol. The zero-order valence-electron chi connectivity index (χ0n) is 13.5. The molecule has 1 aliphatic carbocycles. The molecule has 5 nitrogen and oxygen atoms in total. The molecule has 1 saturated carbocycles. The number of hydrogen-bond donors (Lipinski definition) is 1. The molecule has 118 valence electrons. The Labute approximate surface area is 127 Å². The minimum Gasteiger partial charge on any atom is -0.476 e. The number of rotatable bonds is 7. The summed E-state index contributed by atoms with van der Waals surface area (Å²) < 4.78 is 5.64. The van der Waals surface area contributed by atoms with E-state index in [1.165, 1.54) is 25.7 Å². The minimum atomic E-state index is 0.522. The molecule has 1 heterocycles. The third-order valence-electron chi connectivity index (χ3n) is 3.87. The lowest BCUT2D eigenvalue weighted by molar-refractivity contribution is 0.306. The summed E-state index contributed by atoms with van der Waals surface area (Å²) in [5.74, 6) is 1.94. The van der Waals surface area contributed by atoms with E-state index in [2.05, 4.69) is 35.6 Å². The fourth-order valence-corrected chi connectivity index (χ4v) is 2.93. The van der Waals surface area contributed by atoms with Crippen LogP contribution in [-0.4, -0.2) is 29.2 Å². The first kappa shape index (κ1) is 15.9. The largest absolute Gasteiger partial charge is 0.476 e. The van der Waals surface area contributed by atoms with Gasteiger partial charge in [0.2, 0.25) is 5.88 Å². The first-order valence-electron chi connectivity index (χ1n) is 8.13. The maximum Gasteiger partial charge on any atom is 0.242 e. The van der Waals surface area contributed by atoms with Crippen LogP contribution in [0.25, 0.3) is 0 Å². The van der Waals surface area contributed by atoms with Gasteiger partial charge in [-0.2, -0.15) is 4.98 Å². The molecule has 1 aliphatic rings. The summed E-state index contributed by atoms with van der Waals surface area (Å²) >= 11 is 0. The summed E-state index contributed by atoms with van der Waals surface area (Å²) in [6, 6.07) is 0.545. The van der Waals surface area contributed by atoms with E-state index in [0.29, 0.717) is 30.1 Å². The van der Waals surface area contributed by atoms with Crippen LogP contribution in [0.4, 0.5) is 11.5 Å². The lowest BCUT2D eigenvalue weighted by atomic mass is 10.1. The van der Waals surface area contributed by atoms with Crippen LogP contribution in [-0.2, 0) is 0 Å². The first-order chi connectivity index (χ1) is 10.1. The normalized spacial score (nSPS) is 15.6. The number of hydrogen-bond acceptors (Lipinski definition) is 5. The van der Waals surface area contributed by atoms with Crippen molar-refractivity contribution < 1.29 is 4.74 Å². The van der Waals surface area contributed by atoms with Crippen LogP contribution in [0.1, 0.15) is 52.9 Å². The van der Waals surface area contributed by atoms with Gasteiger partial charge in [0.15, 0.2) is 5.82 Å². The highest BCUT2D eigenvalue weighted by Gasteiger charge is 2.27. The molecule has 2 N–H and O–H groups in total. The van der Waals surface area contributed by atoms with Crippen LogP contribution >= 0.6 is 0 Å². The Morgan fingerprint density at radius 2 is 2.05 bits per heavy atom. The average molecular weight is 292 g/mol. The summed E-state index contributed by atoms with van der Waals surface area (Å²) in [4.78, 5) is 11.0. The second-order valence-corrected chi connectivity index (χ2v) is 6.25. The van der Waals surface area contributed by atoms with Crippen LogP contribution in [0.5, 0.6) is 5.88 Å². The maximum absolute atomic E-state index is 6.28. The lowest BCUT2D eigenvalue weighted by Gasteiger charge is -2.32. The fraction of sp³-hybridized carbons (Fsp3) is 0.750. The fourth-order valence-electron chi connectivity index (χ4n) is 2.93. The zero-order chi connectivity index (χ0) is 15.2. The van der Waals surface area contributed by atoms with Gasteiger partial charge in [-0.05, 0) is 25.2 Å². The van der Waals surface area contributed by atoms with Crippen molar-refractivity contribution in [3.63, 3.8) is 0 Å². The second-order valence-electron chi connectivity index (χ2n) is 6.25. The van der Waals surface area contributed by atoms with Gasteiger partial charge in [0.05, 0.1) is 6.61 Å². The van der Waals surface area contributed by atoms with Crippen molar-refractivity contribution in [2.45, 2.75) is 58.9 Å². The van der Waals surface area contributed by atoms with Gasteiger partial charge in [-0.3, -0.25) is 0 Å². The monoisotopic (exact) mass is 292 g/mol. The summed E-state index contributed by atoms with van der Waals surface area (Å²) in [6.45, 7) is 8.14. The minimum absolute atomic E-state index is 0.522. The Bertz CT molecular complexity index is 444. The molecule has 0 radical (unpaired) electrons. The van der Waals surface area contributed by atoms with Gasteiger partial charge in [-0.25, -0.2) is 4.98 Å². The Balaban J connectivity index is 2.25. The van der Waals surface area contributed by atoms with Gasteiger partial charge >= 0.3 is 0 Å². The van der Waals surface area contributed by atoms with Crippen LogP contribution < -0.4 is 15.4 Å². The molecule has 0 atom stereocenters. The van der Waals surface area contributed by atoms with E-state index in [1.54, 1.807) is 6.33 Å². The third-order valence-corrected chi connectivity index (χ3v) is 3.87. The number of nitrogens with zero attached hydrogens (tertiary/aromatic N) is 3. The Morgan fingerprint density at radius 3 is 2.67 bits per heavy atom. The van der Waals surface area contributed by atoms with Crippen LogP contribution in [0.2, 0.25) is 0 Å². The van der Waals surface area contributed by atoms with Crippen molar-refractivity contribution in [1.82, 2.24) is 9.97 Å². The molecule has 0 bridgehead atoms. The zero-order valence-corrected chi connectivity index (χ0v) is 13.5. The summed E-state index contributed by atoms with van der Waals surface area (Å²) in [6.07, 6.45) is 7.55. The van der Waals surface area contributed by atoms with E-state index in [4.69, 9.17) is 10.5 Å². The van der Waals surface area contributed by atoms with Gasteiger partial charge < -0.3 is 15.4 Å². The molecular formula is C16H28N4O. The molecule has 1 fully saturated rings. The van der Waals surface area contributed by atoms with Gasteiger partial charge in [-0.15, -0.1) is 0 Å². The van der Waals surface area contributed by atoms with Crippen LogP contribution in [0.3, 0.4) is 0 Å². The molecule has 0 amide bonds. The standard InChI is InChI=1S/C16H28N4O/c1-4-9-21-16-14(17)15(18-11-19-16)20(10-12(2)3)13-7-5-6-8-13/h11-13H,4-10,17H2,1-3H3. The number of nitrogens with two attached hydrogens (primary N) is 1. The Hall–Kier alpha value is -1.52. The van der Waals surface area contributed by atoms with Gasteiger partial charge in [-0.1, -0.05) is 33.6 Å². The molecule has 1 aromatic heterocycles. The molecule has 21 heavy (non-hydrogen) atoms. The van der Waals surface area contributed by atoms with Gasteiger partial charge in [0.1, 0.15) is 12.0 Å². The van der Waals surface area contributed by atoms with Crippen LogP contribution in [0.15, 0.2) is 6.33 Å². The van der Waals surface area contributed by atoms with Crippen molar-refractivity contribution in [3.8, 4) is 5.88 Å². The molecule has 0 saturated heterocycles. The topological polar surface area (TPSA) is 64.3 Å². The quantitative estimate of drug-likeness (QED) is 0.835. The van der Waals surface area contributed by atoms with E-state index in [-0.39, 0.29) is 0 Å². The molecule has 5 heteroatoms. The summed E-state index contributed by atoms with van der Waals surface area (Å²) in [5, 5.41) is 0. The highest BCUT2D eigenvalue weighted by molar-refractivity contribution is 5.68. The molecule has 0 spiro atoms. The highest BCUT2D eigenvalue weighted by atomic mass is 16.5. The van der Waals surface area contributed by atoms with Gasteiger partial charge in [0.25, 0.3) is 0 Å². The van der Waals surface area contributed by atoms with Crippen LogP contribution in [0, 0.1) is 5.92 Å². The number of anilines is 2. The second kappa shape index (κ2) is 7.48. The number of ether oxygens (including phenoxy) is 1. The molecule has 0 aliphatic heterocycles. The molecule has 2 rings (SSSR count). The lowest BCUT2D eigenvalue weighted by Crippen LogP contribution is -2.37. The molecule has 0 unspecified atom stereocenters. The Morgan fingerprint density at radius 1 is 1.33 bits per heavy atom. The third kappa shape index (κ3) is 3.99. The van der Waals surface area contributed by atoms with Crippen molar-refractivity contribution in [1.29, 1.82) is 0 Å². The van der Waals surface area contributed by atoms with Crippen molar-refractivity contribution >= 4 is 11.5 Å². The SMILES string of the molecule is CCCOc1ncnc(N(CC(C)C)C2CCCC2)c1N. The maximum atomic E-state index is 6.28. The summed E-state index contributed by atoms with van der Waals surface area (Å²) in [5.41, 5.74) is 6.86. The smallest absolute Gasteiger partial charge is 0.242 e. The van der Waals surface area contributed by atoms with E-state index < -0.39 is 0 Å².